The van der Waals surface area contributed by atoms with Crippen LogP contribution in [-0.4, -0.2) is 17.5 Å². The fourth-order valence-corrected chi connectivity index (χ4v) is 3.69. The number of oxazole rings is 1. The van der Waals surface area contributed by atoms with Crippen molar-refractivity contribution in [3.8, 4) is 17.2 Å². The van der Waals surface area contributed by atoms with Crippen LogP contribution in [-0.2, 0) is 4.79 Å². The number of hydrogen-bond donors (Lipinski definition) is 1. The number of benzene rings is 3. The van der Waals surface area contributed by atoms with Crippen molar-refractivity contribution in [3.63, 3.8) is 0 Å². The number of carbonyl (C=O) groups excluding carboxylic acids is 1. The Kier molecular flexibility index (Phi) is 6.07. The van der Waals surface area contributed by atoms with Crippen LogP contribution in [0.15, 0.2) is 69.6 Å². The molecular weight excluding hydrogens is 571 g/mol. The highest BCUT2D eigenvalue weighted by Gasteiger charge is 2.13. The summed E-state index contributed by atoms with van der Waals surface area (Å²) in [5.74, 6) is 0.813. The zero-order valence-electron chi connectivity index (χ0n) is 14.8. The van der Waals surface area contributed by atoms with E-state index in [9.17, 15) is 4.79 Å². The average Bonchev–Trinajstić information content (AvgIpc) is 3.12. The summed E-state index contributed by atoms with van der Waals surface area (Å²) in [6.07, 6.45) is 0. The minimum absolute atomic E-state index is 0.112. The summed E-state index contributed by atoms with van der Waals surface area (Å²) in [7, 11) is 0. The zero-order valence-corrected chi connectivity index (χ0v) is 19.3. The summed E-state index contributed by atoms with van der Waals surface area (Å²) in [4.78, 5) is 16.7. The first-order valence-electron chi connectivity index (χ1n) is 8.52. The molecule has 3 aromatic carbocycles. The van der Waals surface area contributed by atoms with Crippen LogP contribution in [0.25, 0.3) is 22.6 Å². The molecule has 4 aromatic rings. The van der Waals surface area contributed by atoms with Gasteiger partial charge in [0.15, 0.2) is 12.2 Å². The van der Waals surface area contributed by atoms with Gasteiger partial charge >= 0.3 is 0 Å². The van der Waals surface area contributed by atoms with Crippen molar-refractivity contribution in [2.45, 2.75) is 0 Å². The van der Waals surface area contributed by atoms with Gasteiger partial charge in [-0.15, -0.1) is 0 Å². The number of fused-ring (bicyclic) bond motifs is 1. The van der Waals surface area contributed by atoms with Crippen LogP contribution in [0, 0.1) is 3.57 Å². The Morgan fingerprint density at radius 2 is 1.93 bits per heavy atom. The van der Waals surface area contributed by atoms with E-state index in [2.05, 4.69) is 48.8 Å². The Hall–Kier alpha value is -2.10. The molecule has 0 aliphatic rings. The Labute approximate surface area is 193 Å². The molecule has 4 rings (SSSR count). The van der Waals surface area contributed by atoms with E-state index in [1.807, 2.05) is 18.2 Å². The molecule has 1 N–H and O–H groups in total. The van der Waals surface area contributed by atoms with E-state index in [1.54, 1.807) is 42.5 Å². The highest BCUT2D eigenvalue weighted by atomic mass is 127. The Bertz CT molecular complexity index is 1190. The van der Waals surface area contributed by atoms with Gasteiger partial charge in [-0.3, -0.25) is 4.79 Å². The number of anilines is 1. The first-order chi connectivity index (χ1) is 14.0. The van der Waals surface area contributed by atoms with Crippen LogP contribution in [0.1, 0.15) is 0 Å². The average molecular weight is 584 g/mol. The third-order valence-corrected chi connectivity index (χ3v) is 5.63. The maximum absolute atomic E-state index is 12.2. The largest absolute Gasteiger partial charge is 0.484 e. The normalized spacial score (nSPS) is 10.9. The van der Waals surface area contributed by atoms with Crippen LogP contribution in [0.5, 0.6) is 5.75 Å². The van der Waals surface area contributed by atoms with Gasteiger partial charge in [0.1, 0.15) is 11.3 Å². The van der Waals surface area contributed by atoms with Crippen LogP contribution in [0.2, 0.25) is 5.02 Å². The molecule has 8 heteroatoms. The molecule has 5 nitrogen and oxygen atoms in total. The quantitative estimate of drug-likeness (QED) is 0.271. The standard InChI is InChI=1S/C21H13BrClIN2O3/c22-17-7-3-13(24)9-16(17)21-26-18-10-14(4-8-19(18)29-21)25-20(27)11-28-15-5-1-12(23)2-6-15/h1-10H,11H2,(H,25,27). The summed E-state index contributed by atoms with van der Waals surface area (Å²) in [5, 5.41) is 3.41. The minimum atomic E-state index is -0.275. The molecular formula is C21H13BrClIN2O3. The first-order valence-corrected chi connectivity index (χ1v) is 10.8. The summed E-state index contributed by atoms with van der Waals surface area (Å²) in [6, 6.07) is 18.1. The molecule has 0 spiro atoms. The van der Waals surface area contributed by atoms with Gasteiger partial charge in [0.2, 0.25) is 5.89 Å². The van der Waals surface area contributed by atoms with E-state index in [0.717, 1.165) is 13.6 Å². The van der Waals surface area contributed by atoms with E-state index < -0.39 is 0 Å². The third kappa shape index (κ3) is 4.91. The fraction of sp³-hybridized carbons (Fsp3) is 0.0476. The topological polar surface area (TPSA) is 64.4 Å². The zero-order chi connectivity index (χ0) is 20.4. The second kappa shape index (κ2) is 8.73. The number of nitrogens with zero attached hydrogens (tertiary/aromatic N) is 1. The monoisotopic (exact) mass is 582 g/mol. The van der Waals surface area contributed by atoms with Crippen LogP contribution in [0.3, 0.4) is 0 Å². The second-order valence-electron chi connectivity index (χ2n) is 6.12. The molecule has 0 aliphatic heterocycles. The minimum Gasteiger partial charge on any atom is -0.484 e. The molecule has 1 aromatic heterocycles. The van der Waals surface area contributed by atoms with Crippen molar-refractivity contribution in [1.29, 1.82) is 0 Å². The number of aromatic nitrogens is 1. The number of rotatable bonds is 5. The molecule has 0 bridgehead atoms. The predicted molar refractivity (Wildman–Crippen MR) is 125 cm³/mol. The second-order valence-corrected chi connectivity index (χ2v) is 8.65. The highest BCUT2D eigenvalue weighted by molar-refractivity contribution is 14.1. The number of nitrogens with one attached hydrogen (secondary N) is 1. The lowest BCUT2D eigenvalue weighted by molar-refractivity contribution is -0.118. The molecule has 29 heavy (non-hydrogen) atoms. The lowest BCUT2D eigenvalue weighted by Gasteiger charge is -2.07. The summed E-state index contributed by atoms with van der Waals surface area (Å²) in [6.45, 7) is -0.112. The molecule has 0 aliphatic carbocycles. The van der Waals surface area contributed by atoms with Crippen molar-refractivity contribution >= 4 is 72.8 Å². The fourth-order valence-electron chi connectivity index (χ4n) is 2.66. The van der Waals surface area contributed by atoms with Crippen molar-refractivity contribution < 1.29 is 13.9 Å². The van der Waals surface area contributed by atoms with E-state index in [4.69, 9.17) is 20.8 Å². The number of carbonyl (C=O) groups is 1. The number of ether oxygens (including phenoxy) is 1. The Morgan fingerprint density at radius 1 is 1.14 bits per heavy atom. The van der Waals surface area contributed by atoms with Gasteiger partial charge in [-0.1, -0.05) is 11.6 Å². The lowest BCUT2D eigenvalue weighted by atomic mass is 10.2. The molecule has 0 unspecified atom stereocenters. The number of halogens is 3. The third-order valence-electron chi connectivity index (χ3n) is 4.01. The molecule has 0 atom stereocenters. The van der Waals surface area contributed by atoms with E-state index in [-0.39, 0.29) is 12.5 Å². The van der Waals surface area contributed by atoms with Crippen LogP contribution in [0.4, 0.5) is 5.69 Å². The molecule has 1 amide bonds. The first kappa shape index (κ1) is 20.2. The van der Waals surface area contributed by atoms with Gasteiger partial charge in [0.05, 0.1) is 5.56 Å². The van der Waals surface area contributed by atoms with Crippen molar-refractivity contribution in [2.24, 2.45) is 0 Å². The van der Waals surface area contributed by atoms with Gasteiger partial charge in [-0.05, 0) is 99.2 Å². The Balaban J connectivity index is 1.48. The smallest absolute Gasteiger partial charge is 0.262 e. The van der Waals surface area contributed by atoms with Gasteiger partial charge in [-0.25, -0.2) is 4.98 Å². The molecule has 1 heterocycles. The van der Waals surface area contributed by atoms with Gasteiger partial charge in [-0.2, -0.15) is 0 Å². The summed E-state index contributed by atoms with van der Waals surface area (Å²) >= 11 is 11.6. The Morgan fingerprint density at radius 3 is 2.72 bits per heavy atom. The van der Waals surface area contributed by atoms with Gasteiger partial charge in [0.25, 0.3) is 5.91 Å². The lowest BCUT2D eigenvalue weighted by Crippen LogP contribution is -2.20. The van der Waals surface area contributed by atoms with E-state index in [0.29, 0.717) is 33.4 Å². The summed E-state index contributed by atoms with van der Waals surface area (Å²) in [5.41, 5.74) is 2.78. The highest BCUT2D eigenvalue weighted by Crippen LogP contribution is 2.32. The van der Waals surface area contributed by atoms with Crippen LogP contribution < -0.4 is 10.1 Å². The van der Waals surface area contributed by atoms with Crippen LogP contribution >= 0.6 is 50.1 Å². The van der Waals surface area contributed by atoms with Crippen molar-refractivity contribution in [1.82, 2.24) is 4.98 Å². The molecule has 0 saturated heterocycles. The molecule has 0 radical (unpaired) electrons. The maximum atomic E-state index is 12.2. The number of amides is 1. The van der Waals surface area contributed by atoms with E-state index in [1.165, 1.54) is 0 Å². The predicted octanol–water partition coefficient (Wildman–Crippen LogP) is 6.53. The molecule has 146 valence electrons. The SMILES string of the molecule is O=C(COc1ccc(Cl)cc1)Nc1ccc2oc(-c3cc(I)ccc3Br)nc2c1. The van der Waals surface area contributed by atoms with E-state index >= 15 is 0 Å². The summed E-state index contributed by atoms with van der Waals surface area (Å²) < 4.78 is 13.3. The maximum Gasteiger partial charge on any atom is 0.262 e. The van der Waals surface area contributed by atoms with Gasteiger partial charge in [0, 0.05) is 18.8 Å². The van der Waals surface area contributed by atoms with Gasteiger partial charge < -0.3 is 14.5 Å². The molecule has 0 saturated carbocycles. The molecule has 0 fully saturated rings. The van der Waals surface area contributed by atoms with Crippen molar-refractivity contribution in [3.05, 3.63) is 73.7 Å². The van der Waals surface area contributed by atoms with Crippen molar-refractivity contribution in [2.75, 3.05) is 11.9 Å². The number of hydrogen-bond acceptors (Lipinski definition) is 4.